The molecule has 0 spiro atoms. The first-order valence-corrected chi connectivity index (χ1v) is 8.09. The van der Waals surface area contributed by atoms with E-state index in [4.69, 9.17) is 5.11 Å². The highest BCUT2D eigenvalue weighted by atomic mass is 79.9. The van der Waals surface area contributed by atoms with Crippen LogP contribution in [0.4, 0.5) is 4.39 Å². The molecule has 2 rings (SSSR count). The summed E-state index contributed by atoms with van der Waals surface area (Å²) in [6.45, 7) is 0. The van der Waals surface area contributed by atoms with E-state index in [0.29, 0.717) is 0 Å². The number of aromatic carboxylic acids is 1. The monoisotopic (exact) mass is 376 g/mol. The lowest BCUT2D eigenvalue weighted by molar-refractivity contribution is 0.0691. The molecule has 0 aliphatic rings. The molecule has 1 heterocycles. The Morgan fingerprint density at radius 3 is 2.67 bits per heavy atom. The van der Waals surface area contributed by atoms with Gasteiger partial charge in [-0.25, -0.2) is 17.6 Å². The zero-order valence-corrected chi connectivity index (χ0v) is 13.1. The van der Waals surface area contributed by atoms with Gasteiger partial charge >= 0.3 is 5.97 Å². The van der Waals surface area contributed by atoms with Gasteiger partial charge in [-0.3, -0.25) is 4.68 Å². The standard InChI is InChI=1S/C12H10BrFN2O4S/c1-16-3-2-8(15-16)6-21(19,20)10-5-7(13)4-9(11(10)14)12(17)18/h2-5H,6H2,1H3,(H,17,18). The third-order valence-electron chi connectivity index (χ3n) is 2.68. The lowest BCUT2D eigenvalue weighted by atomic mass is 10.2. The van der Waals surface area contributed by atoms with E-state index in [1.54, 1.807) is 13.2 Å². The highest BCUT2D eigenvalue weighted by Gasteiger charge is 2.26. The number of benzene rings is 1. The quantitative estimate of drug-likeness (QED) is 0.881. The van der Waals surface area contributed by atoms with Gasteiger partial charge in [0.05, 0.1) is 17.0 Å². The van der Waals surface area contributed by atoms with Crippen LogP contribution in [0.2, 0.25) is 0 Å². The summed E-state index contributed by atoms with van der Waals surface area (Å²) in [5.41, 5.74) is -0.460. The van der Waals surface area contributed by atoms with Gasteiger partial charge in [-0.05, 0) is 18.2 Å². The van der Waals surface area contributed by atoms with Gasteiger partial charge in [0.25, 0.3) is 0 Å². The number of hydrogen-bond acceptors (Lipinski definition) is 4. The second-order valence-corrected chi connectivity index (χ2v) is 7.18. The van der Waals surface area contributed by atoms with Crippen molar-refractivity contribution in [2.24, 2.45) is 7.05 Å². The Labute approximate surface area is 128 Å². The van der Waals surface area contributed by atoms with Gasteiger partial charge in [0, 0.05) is 17.7 Å². The molecule has 6 nitrogen and oxygen atoms in total. The summed E-state index contributed by atoms with van der Waals surface area (Å²) >= 11 is 2.98. The zero-order chi connectivity index (χ0) is 15.8. The summed E-state index contributed by atoms with van der Waals surface area (Å²) in [6, 6.07) is 3.54. The largest absolute Gasteiger partial charge is 0.478 e. The summed E-state index contributed by atoms with van der Waals surface area (Å²) in [7, 11) is -2.43. The molecule has 0 bridgehead atoms. The van der Waals surface area contributed by atoms with Crippen molar-refractivity contribution in [1.82, 2.24) is 9.78 Å². The van der Waals surface area contributed by atoms with Crippen molar-refractivity contribution >= 4 is 31.7 Å². The van der Waals surface area contributed by atoms with Crippen molar-refractivity contribution < 1.29 is 22.7 Å². The number of sulfone groups is 1. The zero-order valence-electron chi connectivity index (χ0n) is 10.7. The molecule has 0 amide bonds. The molecule has 0 atom stereocenters. The molecular weight excluding hydrogens is 367 g/mol. The van der Waals surface area contributed by atoms with E-state index in [2.05, 4.69) is 21.0 Å². The molecule has 21 heavy (non-hydrogen) atoms. The van der Waals surface area contributed by atoms with Crippen LogP contribution in [0.1, 0.15) is 16.1 Å². The molecule has 0 radical (unpaired) electrons. The predicted molar refractivity (Wildman–Crippen MR) is 75.2 cm³/mol. The first-order chi connectivity index (χ1) is 9.70. The minimum atomic E-state index is -4.05. The van der Waals surface area contributed by atoms with Crippen molar-refractivity contribution in [3.05, 3.63) is 45.9 Å². The van der Waals surface area contributed by atoms with Gasteiger partial charge < -0.3 is 5.11 Å². The van der Waals surface area contributed by atoms with E-state index in [-0.39, 0.29) is 10.2 Å². The molecule has 1 aromatic carbocycles. The van der Waals surface area contributed by atoms with Gasteiger partial charge in [-0.1, -0.05) is 15.9 Å². The summed E-state index contributed by atoms with van der Waals surface area (Å²) in [5.74, 6) is -3.33. The first kappa shape index (κ1) is 15.6. The normalized spacial score (nSPS) is 11.6. The third-order valence-corrected chi connectivity index (χ3v) is 4.78. The fourth-order valence-electron chi connectivity index (χ4n) is 1.76. The maximum atomic E-state index is 14.1. The average molecular weight is 377 g/mol. The predicted octanol–water partition coefficient (Wildman–Crippen LogP) is 1.99. The lowest BCUT2D eigenvalue weighted by Gasteiger charge is -2.07. The van der Waals surface area contributed by atoms with E-state index in [9.17, 15) is 17.6 Å². The Hall–Kier alpha value is -1.74. The van der Waals surface area contributed by atoms with Crippen LogP contribution in [-0.4, -0.2) is 29.3 Å². The maximum Gasteiger partial charge on any atom is 0.338 e. The molecule has 0 aliphatic heterocycles. The Morgan fingerprint density at radius 1 is 1.48 bits per heavy atom. The molecule has 0 fully saturated rings. The Bertz CT molecular complexity index is 817. The third kappa shape index (κ3) is 3.30. The minimum absolute atomic E-state index is 0.167. The van der Waals surface area contributed by atoms with Gasteiger partial charge in [0.15, 0.2) is 15.7 Å². The van der Waals surface area contributed by atoms with Crippen molar-refractivity contribution in [1.29, 1.82) is 0 Å². The summed E-state index contributed by atoms with van der Waals surface area (Å²) in [6.07, 6.45) is 1.56. The van der Waals surface area contributed by atoms with Crippen LogP contribution in [0.3, 0.4) is 0 Å². The number of hydrogen-bond donors (Lipinski definition) is 1. The van der Waals surface area contributed by atoms with Crippen LogP contribution < -0.4 is 0 Å². The Morgan fingerprint density at radius 2 is 2.14 bits per heavy atom. The SMILES string of the molecule is Cn1ccc(CS(=O)(=O)c2cc(Br)cc(C(=O)O)c2F)n1. The van der Waals surface area contributed by atoms with Crippen molar-refractivity contribution in [2.75, 3.05) is 0 Å². The van der Waals surface area contributed by atoms with Gasteiger partial charge in [-0.15, -0.1) is 0 Å². The summed E-state index contributed by atoms with van der Waals surface area (Å²) < 4.78 is 40.2. The average Bonchev–Trinajstić information content (AvgIpc) is 2.76. The van der Waals surface area contributed by atoms with Gasteiger partial charge in [0.2, 0.25) is 0 Å². The second kappa shape index (κ2) is 5.57. The van der Waals surface area contributed by atoms with Crippen LogP contribution in [-0.2, 0) is 22.6 Å². The van der Waals surface area contributed by atoms with E-state index < -0.39 is 37.8 Å². The van der Waals surface area contributed by atoms with Crippen molar-refractivity contribution in [2.45, 2.75) is 10.6 Å². The van der Waals surface area contributed by atoms with Crippen LogP contribution in [0.5, 0.6) is 0 Å². The number of rotatable bonds is 4. The van der Waals surface area contributed by atoms with E-state index in [1.165, 1.54) is 10.7 Å². The molecule has 0 saturated heterocycles. The fraction of sp³-hybridized carbons (Fsp3) is 0.167. The Balaban J connectivity index is 2.52. The van der Waals surface area contributed by atoms with Crippen molar-refractivity contribution in [3.8, 4) is 0 Å². The number of aryl methyl sites for hydroxylation is 1. The number of carbonyl (C=O) groups is 1. The first-order valence-electron chi connectivity index (χ1n) is 5.64. The Kier molecular flexibility index (Phi) is 4.15. The van der Waals surface area contributed by atoms with Gasteiger partial charge in [-0.2, -0.15) is 5.10 Å². The number of carboxylic acids is 1. The van der Waals surface area contributed by atoms with Crippen LogP contribution in [0.25, 0.3) is 0 Å². The lowest BCUT2D eigenvalue weighted by Crippen LogP contribution is -2.12. The number of nitrogens with zero attached hydrogens (tertiary/aromatic N) is 2. The molecule has 0 unspecified atom stereocenters. The smallest absolute Gasteiger partial charge is 0.338 e. The fourth-order valence-corrected chi connectivity index (χ4v) is 3.76. The van der Waals surface area contributed by atoms with Crippen LogP contribution in [0.15, 0.2) is 33.8 Å². The maximum absolute atomic E-state index is 14.1. The molecule has 9 heteroatoms. The van der Waals surface area contributed by atoms with E-state index in [1.807, 2.05) is 0 Å². The van der Waals surface area contributed by atoms with Crippen molar-refractivity contribution in [3.63, 3.8) is 0 Å². The van der Waals surface area contributed by atoms with E-state index >= 15 is 0 Å². The minimum Gasteiger partial charge on any atom is -0.478 e. The molecule has 0 saturated carbocycles. The highest BCUT2D eigenvalue weighted by molar-refractivity contribution is 9.10. The molecule has 112 valence electrons. The van der Waals surface area contributed by atoms with Crippen LogP contribution >= 0.6 is 15.9 Å². The summed E-state index contributed by atoms with van der Waals surface area (Å²) in [5, 5.41) is 12.8. The summed E-state index contributed by atoms with van der Waals surface area (Å²) in [4.78, 5) is 10.3. The van der Waals surface area contributed by atoms with Crippen LogP contribution in [0, 0.1) is 5.82 Å². The molecule has 0 aliphatic carbocycles. The molecule has 1 aromatic heterocycles. The number of carboxylic acid groups (broad SMARTS) is 1. The molecule has 1 N–H and O–H groups in total. The second-order valence-electron chi connectivity index (χ2n) is 4.31. The number of halogens is 2. The van der Waals surface area contributed by atoms with Gasteiger partial charge in [0.1, 0.15) is 4.90 Å². The van der Waals surface area contributed by atoms with E-state index in [0.717, 1.165) is 12.1 Å². The number of aromatic nitrogens is 2. The highest BCUT2D eigenvalue weighted by Crippen LogP contribution is 2.26. The molecular formula is C12H10BrFN2O4S. The molecule has 2 aromatic rings. The topological polar surface area (TPSA) is 89.3 Å².